The number of hydrogen-bond donors (Lipinski definition) is 0. The van der Waals surface area contributed by atoms with Gasteiger partial charge in [0, 0.05) is 38.6 Å². The van der Waals surface area contributed by atoms with Crippen LogP contribution in [0.3, 0.4) is 0 Å². The third-order valence-corrected chi connectivity index (χ3v) is 11.1. The lowest BCUT2D eigenvalue weighted by molar-refractivity contribution is -0.145. The molecule has 0 bridgehead atoms. The average molecular weight is 773 g/mol. The van der Waals surface area contributed by atoms with Gasteiger partial charge in [-0.1, -0.05) is 188 Å². The Hall–Kier alpha value is -0.360. The first-order chi connectivity index (χ1) is 26.1. The van der Waals surface area contributed by atoms with Crippen LogP contribution >= 0.6 is 11.6 Å². The number of carbonyl (C=O) groups excluding carboxylic acids is 1. The molecule has 0 aliphatic carbocycles. The maximum Gasteiger partial charge on any atom is 0.305 e. The highest BCUT2D eigenvalue weighted by Gasteiger charge is 2.16. The topological polar surface area (TPSA) is 48.0 Å². The quantitative estimate of drug-likeness (QED) is 0.0350. The monoisotopic (exact) mass is 772 g/mol. The van der Waals surface area contributed by atoms with Gasteiger partial charge in [-0.2, -0.15) is 0 Å². The summed E-state index contributed by atoms with van der Waals surface area (Å²) in [6.07, 6.45) is 40.2. The third kappa shape index (κ3) is 39.7. The van der Waals surface area contributed by atoms with Crippen LogP contribution in [0.25, 0.3) is 0 Å². The van der Waals surface area contributed by atoms with Crippen molar-refractivity contribution in [2.24, 2.45) is 5.92 Å². The van der Waals surface area contributed by atoms with E-state index in [1.807, 2.05) is 0 Å². The second-order valence-electron chi connectivity index (χ2n) is 16.3. The number of rotatable bonds is 45. The predicted molar refractivity (Wildman–Crippen MR) is 233 cm³/mol. The lowest BCUT2D eigenvalue weighted by Gasteiger charge is -2.27. The minimum atomic E-state index is -0.00756. The molecule has 0 aliphatic heterocycles. The Bertz CT molecular complexity index is 710. The van der Waals surface area contributed by atoms with E-state index < -0.39 is 0 Å². The fourth-order valence-electron chi connectivity index (χ4n) is 7.34. The molecule has 0 aromatic heterocycles. The molecule has 0 fully saturated rings. The summed E-state index contributed by atoms with van der Waals surface area (Å²) in [5.41, 5.74) is 0. The van der Waals surface area contributed by atoms with Crippen molar-refractivity contribution in [3.05, 3.63) is 0 Å². The Morgan fingerprint density at radius 1 is 0.509 bits per heavy atom. The highest BCUT2D eigenvalue weighted by molar-refractivity contribution is 6.18. The SMILES string of the molecule is CCCCCCCCCCCCOCC(CN(CCCl)CCCCCC(=O)OCC(CCCCCC)CCCCCCCC)OCCCCCCCC. The zero-order valence-electron chi connectivity index (χ0n) is 36.4. The van der Waals surface area contributed by atoms with Gasteiger partial charge in [0.25, 0.3) is 0 Å². The molecule has 318 valence electrons. The van der Waals surface area contributed by atoms with Crippen LogP contribution in [0.1, 0.15) is 233 Å². The van der Waals surface area contributed by atoms with Crippen molar-refractivity contribution in [1.29, 1.82) is 0 Å². The highest BCUT2D eigenvalue weighted by atomic mass is 35.5. The standard InChI is InChI=1S/C47H94ClNO4/c1-5-9-13-17-20-21-22-23-25-32-40-51-44-46(52-41-33-26-19-15-11-7-3)42-49(39-37-48)38-31-27-30-36-47(50)53-43-45(34-28-16-12-8-4)35-29-24-18-14-10-6-2/h45-46H,5-44H2,1-4H3. The second-order valence-corrected chi connectivity index (χ2v) is 16.7. The molecular weight excluding hydrogens is 678 g/mol. The number of hydrogen-bond acceptors (Lipinski definition) is 5. The minimum Gasteiger partial charge on any atom is -0.465 e. The highest BCUT2D eigenvalue weighted by Crippen LogP contribution is 2.20. The summed E-state index contributed by atoms with van der Waals surface area (Å²) in [6, 6.07) is 0. The fraction of sp³-hybridized carbons (Fsp3) is 0.979. The zero-order chi connectivity index (χ0) is 38.7. The molecule has 6 heteroatoms. The van der Waals surface area contributed by atoms with Crippen LogP contribution in [0.4, 0.5) is 0 Å². The summed E-state index contributed by atoms with van der Waals surface area (Å²) in [4.78, 5) is 15.1. The van der Waals surface area contributed by atoms with Crippen LogP contribution in [0.5, 0.6) is 0 Å². The zero-order valence-corrected chi connectivity index (χ0v) is 37.2. The second kappa shape index (κ2) is 44.4. The summed E-state index contributed by atoms with van der Waals surface area (Å²) in [5, 5.41) is 0. The Morgan fingerprint density at radius 2 is 0.962 bits per heavy atom. The van der Waals surface area contributed by atoms with Crippen molar-refractivity contribution in [3.8, 4) is 0 Å². The van der Waals surface area contributed by atoms with Gasteiger partial charge in [-0.25, -0.2) is 0 Å². The molecule has 0 aromatic rings. The molecule has 0 amide bonds. The molecule has 0 aliphatic rings. The van der Waals surface area contributed by atoms with E-state index in [-0.39, 0.29) is 12.1 Å². The third-order valence-electron chi connectivity index (χ3n) is 10.9. The number of carbonyl (C=O) groups is 1. The summed E-state index contributed by atoms with van der Waals surface area (Å²) < 4.78 is 18.5. The normalized spacial score (nSPS) is 12.9. The molecule has 0 N–H and O–H groups in total. The number of esters is 1. The van der Waals surface area contributed by atoms with Crippen LogP contribution < -0.4 is 0 Å². The van der Waals surface area contributed by atoms with E-state index in [9.17, 15) is 4.79 Å². The number of alkyl halides is 1. The van der Waals surface area contributed by atoms with E-state index in [0.717, 1.165) is 65.0 Å². The van der Waals surface area contributed by atoms with E-state index in [2.05, 4.69) is 32.6 Å². The average Bonchev–Trinajstić information content (AvgIpc) is 3.16. The first-order valence-electron chi connectivity index (χ1n) is 23.7. The smallest absolute Gasteiger partial charge is 0.305 e. The molecule has 0 saturated carbocycles. The number of nitrogens with zero attached hydrogens (tertiary/aromatic N) is 1. The van der Waals surface area contributed by atoms with Gasteiger partial charge in [-0.15, -0.1) is 11.6 Å². The summed E-state index contributed by atoms with van der Waals surface area (Å²) in [5.74, 6) is 1.14. The lowest BCUT2D eigenvalue weighted by Crippen LogP contribution is -2.38. The van der Waals surface area contributed by atoms with Crippen molar-refractivity contribution in [2.45, 2.75) is 239 Å². The van der Waals surface area contributed by atoms with E-state index in [4.69, 9.17) is 25.8 Å². The molecule has 0 heterocycles. The van der Waals surface area contributed by atoms with Crippen LogP contribution in [0, 0.1) is 5.92 Å². The van der Waals surface area contributed by atoms with Gasteiger partial charge in [0.1, 0.15) is 0 Å². The van der Waals surface area contributed by atoms with Gasteiger partial charge in [0.2, 0.25) is 0 Å². The molecule has 0 saturated heterocycles. The van der Waals surface area contributed by atoms with Crippen LogP contribution in [-0.4, -0.2) is 68.9 Å². The molecule has 2 atom stereocenters. The van der Waals surface area contributed by atoms with Crippen molar-refractivity contribution in [1.82, 2.24) is 4.90 Å². The van der Waals surface area contributed by atoms with Gasteiger partial charge >= 0.3 is 5.97 Å². The maximum absolute atomic E-state index is 12.7. The van der Waals surface area contributed by atoms with E-state index >= 15 is 0 Å². The Balaban J connectivity index is 4.55. The number of ether oxygens (including phenoxy) is 3. The molecule has 0 radical (unpaired) electrons. The van der Waals surface area contributed by atoms with Gasteiger partial charge in [-0.3, -0.25) is 9.69 Å². The molecule has 0 rings (SSSR count). The summed E-state index contributed by atoms with van der Waals surface area (Å²) >= 11 is 6.27. The number of halogens is 1. The van der Waals surface area contributed by atoms with Crippen molar-refractivity contribution in [3.63, 3.8) is 0 Å². The largest absolute Gasteiger partial charge is 0.465 e. The summed E-state index contributed by atoms with van der Waals surface area (Å²) in [7, 11) is 0. The van der Waals surface area contributed by atoms with Crippen LogP contribution in [0.2, 0.25) is 0 Å². The van der Waals surface area contributed by atoms with Crippen molar-refractivity contribution < 1.29 is 19.0 Å². The lowest BCUT2D eigenvalue weighted by atomic mass is 9.95. The van der Waals surface area contributed by atoms with Gasteiger partial charge in [0.05, 0.1) is 19.3 Å². The van der Waals surface area contributed by atoms with Gasteiger partial charge in [-0.05, 0) is 51.0 Å². The minimum absolute atomic E-state index is 0.00756. The molecule has 5 nitrogen and oxygen atoms in total. The molecule has 53 heavy (non-hydrogen) atoms. The first-order valence-corrected chi connectivity index (χ1v) is 24.3. The van der Waals surface area contributed by atoms with Gasteiger partial charge < -0.3 is 14.2 Å². The molecule has 0 spiro atoms. The van der Waals surface area contributed by atoms with Crippen molar-refractivity contribution >= 4 is 17.6 Å². The first kappa shape index (κ1) is 52.6. The van der Waals surface area contributed by atoms with Gasteiger partial charge in [0.15, 0.2) is 0 Å². The maximum atomic E-state index is 12.7. The molecule has 2 unspecified atom stereocenters. The molecular formula is C47H94ClNO4. The fourth-order valence-corrected chi connectivity index (χ4v) is 7.58. The predicted octanol–water partition coefficient (Wildman–Crippen LogP) is 14.7. The molecule has 0 aromatic carbocycles. The summed E-state index contributed by atoms with van der Waals surface area (Å²) in [6.45, 7) is 14.7. The Kier molecular flexibility index (Phi) is 44.1. The Labute approximate surface area is 337 Å². The van der Waals surface area contributed by atoms with E-state index in [1.54, 1.807) is 0 Å². The van der Waals surface area contributed by atoms with Crippen LogP contribution in [0.15, 0.2) is 0 Å². The van der Waals surface area contributed by atoms with Crippen molar-refractivity contribution in [2.75, 3.05) is 51.9 Å². The van der Waals surface area contributed by atoms with Crippen LogP contribution in [-0.2, 0) is 19.0 Å². The Morgan fingerprint density at radius 3 is 1.49 bits per heavy atom. The number of unbranched alkanes of at least 4 members (excludes halogenated alkanes) is 24. The van der Waals surface area contributed by atoms with E-state index in [1.165, 1.54) is 167 Å². The van der Waals surface area contributed by atoms with E-state index in [0.29, 0.717) is 31.4 Å².